The number of esters is 1. The van der Waals surface area contributed by atoms with E-state index < -0.39 is 41.9 Å². The highest BCUT2D eigenvalue weighted by Gasteiger charge is 2.37. The van der Waals surface area contributed by atoms with E-state index in [4.69, 9.17) is 5.73 Å². The molecule has 5 nitrogen and oxygen atoms in total. The van der Waals surface area contributed by atoms with Gasteiger partial charge in [0.2, 0.25) is 0 Å². The van der Waals surface area contributed by atoms with Crippen molar-refractivity contribution in [3.63, 3.8) is 0 Å². The van der Waals surface area contributed by atoms with E-state index in [-0.39, 0.29) is 5.69 Å². The molecule has 0 bridgehead atoms. The van der Waals surface area contributed by atoms with Crippen LogP contribution in [0.1, 0.15) is 23.7 Å². The summed E-state index contributed by atoms with van der Waals surface area (Å²) in [6.07, 6.45) is -8.96. The Morgan fingerprint density at radius 2 is 2.00 bits per heavy atom. The maximum atomic E-state index is 12.8. The molecular weight excluding hydrogens is 279 g/mol. The predicted octanol–water partition coefficient (Wildman–Crippen LogP) is 1.24. The van der Waals surface area contributed by atoms with Crippen molar-refractivity contribution in [3.05, 3.63) is 29.3 Å². The zero-order chi connectivity index (χ0) is 15.5. The Labute approximate surface area is 112 Å². The molecule has 112 valence electrons. The normalized spacial score (nSPS) is 14.7. The number of carbonyl (C=O) groups excluding carboxylic acids is 1. The Balaban J connectivity index is 3.09. The molecule has 0 fully saturated rings. The van der Waals surface area contributed by atoms with Crippen LogP contribution in [0.15, 0.2) is 18.2 Å². The molecule has 0 aliphatic rings. The van der Waals surface area contributed by atoms with Crippen LogP contribution >= 0.6 is 0 Å². The first kappa shape index (κ1) is 16.3. The second-order valence-corrected chi connectivity index (χ2v) is 4.14. The molecule has 0 heterocycles. The summed E-state index contributed by atoms with van der Waals surface area (Å²) >= 11 is 0. The van der Waals surface area contributed by atoms with Crippen molar-refractivity contribution in [1.29, 1.82) is 0 Å². The molecule has 0 saturated carbocycles. The van der Waals surface area contributed by atoms with Gasteiger partial charge in [-0.3, -0.25) is 4.79 Å². The van der Waals surface area contributed by atoms with Crippen molar-refractivity contribution in [2.24, 2.45) is 0 Å². The lowest BCUT2D eigenvalue weighted by Gasteiger charge is -2.21. The van der Waals surface area contributed by atoms with E-state index >= 15 is 0 Å². The fourth-order valence-corrected chi connectivity index (χ4v) is 1.65. The van der Waals surface area contributed by atoms with Crippen LogP contribution in [0.3, 0.4) is 0 Å². The maximum Gasteiger partial charge on any atom is 0.416 e. The Hall–Kier alpha value is -1.80. The zero-order valence-electron chi connectivity index (χ0n) is 10.5. The molecule has 4 N–H and O–H groups in total. The number of aliphatic hydroxyl groups is 2. The van der Waals surface area contributed by atoms with E-state index in [0.717, 1.165) is 13.2 Å². The van der Waals surface area contributed by atoms with Gasteiger partial charge in [-0.2, -0.15) is 13.2 Å². The van der Waals surface area contributed by atoms with Crippen LogP contribution in [0.25, 0.3) is 0 Å². The summed E-state index contributed by atoms with van der Waals surface area (Å²) in [4.78, 5) is 11.0. The standard InChI is InChI=1S/C12H14F3NO4/c1-20-10(18)5-9(17)11(19)7-3-2-6(16)4-8(7)12(13,14)15/h2-4,9,11,17,19H,5,16H2,1H3. The van der Waals surface area contributed by atoms with Gasteiger partial charge >= 0.3 is 12.1 Å². The molecule has 0 spiro atoms. The highest BCUT2D eigenvalue weighted by molar-refractivity contribution is 5.69. The number of rotatable bonds is 4. The molecule has 1 rings (SSSR count). The lowest BCUT2D eigenvalue weighted by Crippen LogP contribution is -2.25. The number of alkyl halides is 3. The van der Waals surface area contributed by atoms with E-state index in [1.54, 1.807) is 0 Å². The highest BCUT2D eigenvalue weighted by Crippen LogP contribution is 2.37. The molecule has 0 aliphatic carbocycles. The number of nitrogens with two attached hydrogens (primary N) is 1. The molecule has 1 aromatic carbocycles. The van der Waals surface area contributed by atoms with Crippen LogP contribution in [-0.4, -0.2) is 29.4 Å². The number of benzene rings is 1. The minimum absolute atomic E-state index is 0.129. The van der Waals surface area contributed by atoms with Gasteiger partial charge in [-0.1, -0.05) is 6.07 Å². The van der Waals surface area contributed by atoms with E-state index in [1.807, 2.05) is 0 Å². The van der Waals surface area contributed by atoms with Gasteiger partial charge in [0.15, 0.2) is 0 Å². The van der Waals surface area contributed by atoms with Crippen LogP contribution in [0, 0.1) is 0 Å². The first-order valence-corrected chi connectivity index (χ1v) is 5.56. The van der Waals surface area contributed by atoms with Crippen LogP contribution in [0.4, 0.5) is 18.9 Å². The lowest BCUT2D eigenvalue weighted by atomic mass is 9.96. The van der Waals surface area contributed by atoms with Crippen LogP contribution < -0.4 is 5.73 Å². The van der Waals surface area contributed by atoms with Crippen LogP contribution in [-0.2, 0) is 15.7 Å². The largest absolute Gasteiger partial charge is 0.469 e. The van der Waals surface area contributed by atoms with Crippen molar-refractivity contribution in [2.75, 3.05) is 12.8 Å². The molecule has 0 saturated heterocycles. The van der Waals surface area contributed by atoms with Crippen molar-refractivity contribution in [3.8, 4) is 0 Å². The summed E-state index contributed by atoms with van der Waals surface area (Å²) in [5.74, 6) is -0.847. The molecule has 0 amide bonds. The average molecular weight is 293 g/mol. The number of aliphatic hydroxyl groups excluding tert-OH is 2. The molecule has 0 aliphatic heterocycles. The Morgan fingerprint density at radius 1 is 1.40 bits per heavy atom. The number of hydrogen-bond acceptors (Lipinski definition) is 5. The third kappa shape index (κ3) is 3.84. The van der Waals surface area contributed by atoms with Gasteiger partial charge in [-0.25, -0.2) is 0 Å². The maximum absolute atomic E-state index is 12.8. The summed E-state index contributed by atoms with van der Waals surface area (Å²) in [6.45, 7) is 0. The van der Waals surface area contributed by atoms with Crippen LogP contribution in [0.2, 0.25) is 0 Å². The summed E-state index contributed by atoms with van der Waals surface area (Å²) in [7, 11) is 1.06. The molecule has 20 heavy (non-hydrogen) atoms. The minimum atomic E-state index is -4.74. The van der Waals surface area contributed by atoms with E-state index in [0.29, 0.717) is 6.07 Å². The lowest BCUT2D eigenvalue weighted by molar-refractivity contribution is -0.145. The van der Waals surface area contributed by atoms with E-state index in [2.05, 4.69) is 4.74 Å². The molecular formula is C12H14F3NO4. The Morgan fingerprint density at radius 3 is 2.50 bits per heavy atom. The first-order chi connectivity index (χ1) is 9.16. The SMILES string of the molecule is COC(=O)CC(O)C(O)c1ccc(N)cc1C(F)(F)F. The van der Waals surface area contributed by atoms with Gasteiger partial charge in [0.25, 0.3) is 0 Å². The number of ether oxygens (including phenoxy) is 1. The quantitative estimate of drug-likeness (QED) is 0.574. The fourth-order valence-electron chi connectivity index (χ4n) is 1.65. The first-order valence-electron chi connectivity index (χ1n) is 5.56. The predicted molar refractivity (Wildman–Crippen MR) is 63.5 cm³/mol. The third-order valence-corrected chi connectivity index (χ3v) is 2.67. The summed E-state index contributed by atoms with van der Waals surface area (Å²) < 4.78 is 42.8. The monoisotopic (exact) mass is 293 g/mol. The van der Waals surface area contributed by atoms with Gasteiger partial charge < -0.3 is 20.7 Å². The summed E-state index contributed by atoms with van der Waals surface area (Å²) in [5.41, 5.74) is 3.44. The number of hydrogen-bond donors (Lipinski definition) is 3. The zero-order valence-corrected chi connectivity index (χ0v) is 10.5. The topological polar surface area (TPSA) is 92.8 Å². The number of nitrogen functional groups attached to an aromatic ring is 1. The van der Waals surface area contributed by atoms with E-state index in [1.165, 1.54) is 6.07 Å². The highest BCUT2D eigenvalue weighted by atomic mass is 19.4. The Kier molecular flexibility index (Phi) is 4.96. The number of halogens is 3. The van der Waals surface area contributed by atoms with Gasteiger partial charge in [0.05, 0.1) is 25.2 Å². The smallest absolute Gasteiger partial charge is 0.416 e. The molecule has 0 radical (unpaired) electrons. The van der Waals surface area contributed by atoms with Crippen molar-refractivity contribution in [1.82, 2.24) is 0 Å². The van der Waals surface area contributed by atoms with E-state index in [9.17, 15) is 28.2 Å². The second kappa shape index (κ2) is 6.10. The molecule has 8 heteroatoms. The molecule has 2 atom stereocenters. The Bertz CT molecular complexity index is 490. The second-order valence-electron chi connectivity index (χ2n) is 4.14. The van der Waals surface area contributed by atoms with Gasteiger partial charge in [-0.05, 0) is 17.7 Å². The van der Waals surface area contributed by atoms with Crippen molar-refractivity contribution < 1.29 is 32.9 Å². The molecule has 1 aromatic rings. The molecule has 2 unspecified atom stereocenters. The fraction of sp³-hybridized carbons (Fsp3) is 0.417. The minimum Gasteiger partial charge on any atom is -0.469 e. The van der Waals surface area contributed by atoms with Gasteiger partial charge in [0.1, 0.15) is 6.10 Å². The average Bonchev–Trinajstić information content (AvgIpc) is 2.36. The summed E-state index contributed by atoms with van der Waals surface area (Å²) in [6, 6.07) is 2.78. The number of methoxy groups -OCH3 is 1. The van der Waals surface area contributed by atoms with Crippen LogP contribution in [0.5, 0.6) is 0 Å². The molecule has 0 aromatic heterocycles. The van der Waals surface area contributed by atoms with Gasteiger partial charge in [0, 0.05) is 5.69 Å². The number of anilines is 1. The third-order valence-electron chi connectivity index (χ3n) is 2.67. The van der Waals surface area contributed by atoms with Gasteiger partial charge in [-0.15, -0.1) is 0 Å². The van der Waals surface area contributed by atoms with Crippen molar-refractivity contribution >= 4 is 11.7 Å². The summed E-state index contributed by atoms with van der Waals surface area (Å²) in [5, 5.41) is 19.4. The number of carbonyl (C=O) groups is 1. The van der Waals surface area contributed by atoms with Crippen molar-refractivity contribution in [2.45, 2.75) is 24.8 Å².